The minimum absolute atomic E-state index is 0.0504. The second-order valence-electron chi connectivity index (χ2n) is 7.31. The summed E-state index contributed by atoms with van der Waals surface area (Å²) in [5.74, 6) is -0.200. The van der Waals surface area contributed by atoms with Crippen molar-refractivity contribution in [3.05, 3.63) is 77.4 Å². The van der Waals surface area contributed by atoms with Crippen molar-refractivity contribution in [2.75, 3.05) is 26.5 Å². The predicted octanol–water partition coefficient (Wildman–Crippen LogP) is 3.77. The predicted molar refractivity (Wildman–Crippen MR) is 117 cm³/mol. The summed E-state index contributed by atoms with van der Waals surface area (Å²) in [4.78, 5) is 12.8. The minimum atomic E-state index is -3.76. The molecule has 1 aliphatic rings. The fourth-order valence-corrected chi connectivity index (χ4v) is 4.70. The van der Waals surface area contributed by atoms with Gasteiger partial charge in [-0.2, -0.15) is 0 Å². The molecule has 30 heavy (non-hydrogen) atoms. The van der Waals surface area contributed by atoms with Crippen LogP contribution in [0.3, 0.4) is 0 Å². The molecule has 1 aliphatic carbocycles. The zero-order chi connectivity index (χ0) is 21.5. The van der Waals surface area contributed by atoms with Gasteiger partial charge >= 0.3 is 0 Å². The molecule has 6 nitrogen and oxygen atoms in total. The molecule has 0 unspecified atom stereocenters. The Bertz CT molecular complexity index is 1250. The standard InChI is InChI=1S/C23H22N2O4S/c1-25(2)30(27,28)22-13-17(9-11-21(22)29-3)23(26)24-18-10-8-16-12-15-6-4-5-7-19(15)20(16)14-18/h4-11,13-14H,12H2,1-3H3,(H,24,26). The van der Waals surface area contributed by atoms with Crippen molar-refractivity contribution in [3.8, 4) is 16.9 Å². The van der Waals surface area contributed by atoms with Crippen molar-refractivity contribution >= 4 is 21.6 Å². The van der Waals surface area contributed by atoms with Gasteiger partial charge < -0.3 is 10.1 Å². The smallest absolute Gasteiger partial charge is 0.255 e. The molecule has 0 aliphatic heterocycles. The number of benzene rings is 3. The molecule has 0 bridgehead atoms. The molecule has 0 radical (unpaired) electrons. The van der Waals surface area contributed by atoms with Crippen LogP contribution in [0.2, 0.25) is 0 Å². The van der Waals surface area contributed by atoms with Crippen molar-refractivity contribution in [2.24, 2.45) is 0 Å². The lowest BCUT2D eigenvalue weighted by atomic mass is 10.1. The van der Waals surface area contributed by atoms with E-state index >= 15 is 0 Å². The van der Waals surface area contributed by atoms with Crippen LogP contribution in [0.15, 0.2) is 65.6 Å². The van der Waals surface area contributed by atoms with Gasteiger partial charge in [-0.15, -0.1) is 0 Å². The molecule has 3 aromatic carbocycles. The number of rotatable bonds is 5. The number of amides is 1. The first kappa shape index (κ1) is 20.1. The Hall–Kier alpha value is -3.16. The second-order valence-corrected chi connectivity index (χ2v) is 9.43. The summed E-state index contributed by atoms with van der Waals surface area (Å²) in [5, 5.41) is 2.88. The molecule has 0 heterocycles. The number of ether oxygens (including phenoxy) is 1. The fourth-order valence-electron chi connectivity index (χ4n) is 3.62. The van der Waals surface area contributed by atoms with E-state index in [0.29, 0.717) is 5.69 Å². The van der Waals surface area contributed by atoms with E-state index in [4.69, 9.17) is 4.74 Å². The molecule has 0 atom stereocenters. The minimum Gasteiger partial charge on any atom is -0.495 e. The molecule has 0 aromatic heterocycles. The number of nitrogens with one attached hydrogen (secondary N) is 1. The number of anilines is 1. The Balaban J connectivity index is 1.65. The molecular weight excluding hydrogens is 400 g/mol. The third-order valence-corrected chi connectivity index (χ3v) is 7.08. The molecule has 4 rings (SSSR count). The highest BCUT2D eigenvalue weighted by molar-refractivity contribution is 7.89. The number of sulfonamides is 1. The molecule has 0 saturated carbocycles. The third-order valence-electron chi connectivity index (χ3n) is 5.24. The second kappa shape index (κ2) is 7.59. The van der Waals surface area contributed by atoms with E-state index in [0.717, 1.165) is 16.3 Å². The number of nitrogens with zero attached hydrogens (tertiary/aromatic N) is 1. The van der Waals surface area contributed by atoms with Crippen molar-refractivity contribution in [1.82, 2.24) is 4.31 Å². The molecule has 0 fully saturated rings. The van der Waals surface area contributed by atoms with Crippen LogP contribution in [0.5, 0.6) is 5.75 Å². The SMILES string of the molecule is COc1ccc(C(=O)Nc2ccc3c(c2)-c2ccccc2C3)cc1S(=O)(=O)N(C)C. The fraction of sp³-hybridized carbons (Fsp3) is 0.174. The van der Waals surface area contributed by atoms with Gasteiger partial charge in [0.05, 0.1) is 7.11 Å². The van der Waals surface area contributed by atoms with Crippen LogP contribution in [-0.4, -0.2) is 39.8 Å². The van der Waals surface area contributed by atoms with E-state index < -0.39 is 10.0 Å². The van der Waals surface area contributed by atoms with Crippen molar-refractivity contribution < 1.29 is 17.9 Å². The van der Waals surface area contributed by atoms with E-state index in [1.807, 2.05) is 30.3 Å². The lowest BCUT2D eigenvalue weighted by molar-refractivity contribution is 0.102. The van der Waals surface area contributed by atoms with Crippen LogP contribution in [0, 0.1) is 0 Å². The highest BCUT2D eigenvalue weighted by Crippen LogP contribution is 2.38. The lowest BCUT2D eigenvalue weighted by Gasteiger charge is -2.15. The van der Waals surface area contributed by atoms with Gasteiger partial charge in [-0.25, -0.2) is 12.7 Å². The third kappa shape index (κ3) is 3.46. The van der Waals surface area contributed by atoms with Crippen molar-refractivity contribution in [3.63, 3.8) is 0 Å². The first-order valence-corrected chi connectivity index (χ1v) is 10.9. The summed E-state index contributed by atoms with van der Waals surface area (Å²) < 4.78 is 31.5. The number of fused-ring (bicyclic) bond motifs is 3. The molecule has 154 valence electrons. The zero-order valence-corrected chi connectivity index (χ0v) is 17.8. The van der Waals surface area contributed by atoms with Crippen LogP contribution < -0.4 is 10.1 Å². The van der Waals surface area contributed by atoms with Crippen LogP contribution >= 0.6 is 0 Å². The Morgan fingerprint density at radius 1 is 0.967 bits per heavy atom. The van der Waals surface area contributed by atoms with E-state index in [1.54, 1.807) is 6.07 Å². The average molecular weight is 423 g/mol. The highest BCUT2D eigenvalue weighted by atomic mass is 32.2. The molecule has 0 saturated heterocycles. The highest BCUT2D eigenvalue weighted by Gasteiger charge is 2.24. The summed E-state index contributed by atoms with van der Waals surface area (Å²) >= 11 is 0. The molecular formula is C23H22N2O4S. The van der Waals surface area contributed by atoms with Gasteiger partial charge in [0.1, 0.15) is 10.6 Å². The average Bonchev–Trinajstić information content (AvgIpc) is 3.11. The quantitative estimate of drug-likeness (QED) is 0.531. The van der Waals surface area contributed by atoms with Crippen LogP contribution in [0.4, 0.5) is 5.69 Å². The van der Waals surface area contributed by atoms with Gasteiger partial charge in [0.2, 0.25) is 10.0 Å². The van der Waals surface area contributed by atoms with Crippen LogP contribution in [0.25, 0.3) is 11.1 Å². The maximum atomic E-state index is 12.8. The van der Waals surface area contributed by atoms with Gasteiger partial charge in [0.15, 0.2) is 0 Å². The van der Waals surface area contributed by atoms with Gasteiger partial charge in [-0.05, 0) is 59.0 Å². The molecule has 7 heteroatoms. The Morgan fingerprint density at radius 3 is 2.43 bits per heavy atom. The van der Waals surface area contributed by atoms with Crippen LogP contribution in [0.1, 0.15) is 21.5 Å². The molecule has 1 amide bonds. The summed E-state index contributed by atoms with van der Waals surface area (Å²) in [6.07, 6.45) is 0.879. The maximum Gasteiger partial charge on any atom is 0.255 e. The monoisotopic (exact) mass is 422 g/mol. The number of carbonyl (C=O) groups is 1. The zero-order valence-electron chi connectivity index (χ0n) is 17.0. The lowest BCUT2D eigenvalue weighted by Crippen LogP contribution is -2.23. The van der Waals surface area contributed by atoms with Crippen molar-refractivity contribution in [2.45, 2.75) is 11.3 Å². The summed E-state index contributed by atoms with van der Waals surface area (Å²) in [7, 11) is 0.502. The van der Waals surface area contributed by atoms with E-state index in [2.05, 4.69) is 17.4 Å². The number of hydrogen-bond acceptors (Lipinski definition) is 4. The summed E-state index contributed by atoms with van der Waals surface area (Å²) in [6.45, 7) is 0. The Labute approximate surface area is 176 Å². The Morgan fingerprint density at radius 2 is 1.70 bits per heavy atom. The summed E-state index contributed by atoms with van der Waals surface area (Å²) in [6, 6.07) is 18.4. The maximum absolute atomic E-state index is 12.8. The van der Waals surface area contributed by atoms with Gasteiger partial charge in [0.25, 0.3) is 5.91 Å². The first-order chi connectivity index (χ1) is 14.3. The van der Waals surface area contributed by atoms with E-state index in [9.17, 15) is 13.2 Å². The van der Waals surface area contributed by atoms with Gasteiger partial charge in [-0.1, -0.05) is 30.3 Å². The topological polar surface area (TPSA) is 75.7 Å². The molecule has 3 aromatic rings. The molecule has 1 N–H and O–H groups in total. The number of methoxy groups -OCH3 is 1. The van der Waals surface area contributed by atoms with Crippen molar-refractivity contribution in [1.29, 1.82) is 0 Å². The number of carbonyl (C=O) groups excluding carboxylic acids is 1. The van der Waals surface area contributed by atoms with Gasteiger partial charge in [-0.3, -0.25) is 4.79 Å². The van der Waals surface area contributed by atoms with E-state index in [-0.39, 0.29) is 22.1 Å². The summed E-state index contributed by atoms with van der Waals surface area (Å²) in [5.41, 5.74) is 5.66. The number of hydrogen-bond donors (Lipinski definition) is 1. The normalized spacial score (nSPS) is 12.4. The largest absolute Gasteiger partial charge is 0.495 e. The van der Waals surface area contributed by atoms with Crippen LogP contribution in [-0.2, 0) is 16.4 Å². The molecule has 0 spiro atoms. The Kier molecular flexibility index (Phi) is 5.09. The van der Waals surface area contributed by atoms with E-state index in [1.165, 1.54) is 50.0 Å². The van der Waals surface area contributed by atoms with Gasteiger partial charge in [0, 0.05) is 25.3 Å². The first-order valence-electron chi connectivity index (χ1n) is 9.44.